The van der Waals surface area contributed by atoms with Crippen molar-refractivity contribution in [2.24, 2.45) is 0 Å². The molecule has 4 aliphatic rings. The second-order valence-electron chi connectivity index (χ2n) is 11.9. The highest BCUT2D eigenvalue weighted by atomic mass is 19.1. The van der Waals surface area contributed by atoms with E-state index in [0.717, 1.165) is 68.6 Å². The Hall–Kier alpha value is -3.51. The van der Waals surface area contributed by atoms with Crippen LogP contribution in [-0.2, 0) is 29.5 Å². The van der Waals surface area contributed by atoms with E-state index < -0.39 is 17.8 Å². The molecule has 1 spiro atoms. The zero-order valence-electron chi connectivity index (χ0n) is 23.2. The number of likely N-dealkylation sites (N-methyl/N-ethyl adjacent to an activating group) is 1. The van der Waals surface area contributed by atoms with Crippen molar-refractivity contribution < 1.29 is 13.9 Å². The number of carbonyl (C=O) groups excluding carboxylic acids is 1. The summed E-state index contributed by atoms with van der Waals surface area (Å²) in [6.45, 7) is 5.98. The fourth-order valence-electron chi connectivity index (χ4n) is 7.36. The van der Waals surface area contributed by atoms with Gasteiger partial charge >= 0.3 is 6.01 Å². The van der Waals surface area contributed by atoms with Gasteiger partial charge in [-0.25, -0.2) is 4.39 Å². The molecule has 2 aliphatic heterocycles. The molecule has 2 saturated heterocycles. The van der Waals surface area contributed by atoms with E-state index in [1.165, 1.54) is 16.0 Å². The van der Waals surface area contributed by atoms with Gasteiger partial charge in [-0.1, -0.05) is 30.8 Å². The molecule has 0 N–H and O–H groups in total. The fourth-order valence-corrected chi connectivity index (χ4v) is 7.36. The van der Waals surface area contributed by atoms with Crippen molar-refractivity contribution >= 4 is 11.7 Å². The molecule has 1 aromatic heterocycles. The normalized spacial score (nSPS) is 25.9. The highest BCUT2D eigenvalue weighted by molar-refractivity contribution is 5.91. The number of hydrogen-bond donors (Lipinski definition) is 0. The first-order valence-electron chi connectivity index (χ1n) is 14.5. The highest BCUT2D eigenvalue weighted by Gasteiger charge is 2.45. The smallest absolute Gasteiger partial charge is 0.318 e. The highest BCUT2D eigenvalue weighted by Crippen LogP contribution is 2.49. The molecule has 2 fully saturated rings. The number of amides is 1. The van der Waals surface area contributed by atoms with Crippen LogP contribution < -0.4 is 9.64 Å². The molecule has 0 radical (unpaired) electrons. The lowest BCUT2D eigenvalue weighted by molar-refractivity contribution is -0.131. The van der Waals surface area contributed by atoms with E-state index in [9.17, 15) is 14.4 Å². The summed E-state index contributed by atoms with van der Waals surface area (Å²) < 4.78 is 20.0. The maximum absolute atomic E-state index is 13.8. The van der Waals surface area contributed by atoms with E-state index in [0.29, 0.717) is 38.3 Å². The summed E-state index contributed by atoms with van der Waals surface area (Å²) >= 11 is 0. The van der Waals surface area contributed by atoms with Crippen molar-refractivity contribution in [3.05, 3.63) is 59.1 Å². The first-order chi connectivity index (χ1) is 19.4. The Kier molecular flexibility index (Phi) is 7.22. The summed E-state index contributed by atoms with van der Waals surface area (Å²) in [6.07, 6.45) is 7.40. The minimum Gasteiger partial charge on any atom is -0.462 e. The number of halogens is 1. The second-order valence-corrected chi connectivity index (χ2v) is 11.9. The van der Waals surface area contributed by atoms with Gasteiger partial charge in [0.2, 0.25) is 0 Å². The number of hydrogen-bond acceptors (Lipinski definition) is 7. The predicted octanol–water partition coefficient (Wildman–Crippen LogP) is 3.74. The number of aromatic nitrogens is 2. The van der Waals surface area contributed by atoms with Crippen molar-refractivity contribution in [1.82, 2.24) is 19.8 Å². The second kappa shape index (κ2) is 10.8. The summed E-state index contributed by atoms with van der Waals surface area (Å²) in [5, 5.41) is 9.49. The number of rotatable bonds is 6. The van der Waals surface area contributed by atoms with Gasteiger partial charge < -0.3 is 19.4 Å². The summed E-state index contributed by atoms with van der Waals surface area (Å²) in [5.41, 5.74) is 4.99. The van der Waals surface area contributed by atoms with Crippen molar-refractivity contribution in [2.45, 2.75) is 68.9 Å². The van der Waals surface area contributed by atoms with E-state index in [1.807, 2.05) is 0 Å². The first-order valence-corrected chi connectivity index (χ1v) is 14.5. The summed E-state index contributed by atoms with van der Waals surface area (Å²) in [6, 6.07) is 11.2. The largest absolute Gasteiger partial charge is 0.462 e. The molecule has 210 valence electrons. The number of nitriles is 1. The number of ether oxygens (including phenoxy) is 1. The van der Waals surface area contributed by atoms with Gasteiger partial charge in [0.1, 0.15) is 12.4 Å². The Labute approximate surface area is 235 Å². The number of piperazine rings is 1. The molecular formula is C31H37FN6O2. The number of fused-ring (bicyclic) bond motifs is 3. The minimum absolute atomic E-state index is 0.0132. The number of likely N-dealkylation sites (tertiary alicyclic amines) is 1. The van der Waals surface area contributed by atoms with E-state index in [1.54, 1.807) is 0 Å². The fraction of sp³-hybridized carbons (Fsp3) is 0.548. The average molecular weight is 545 g/mol. The SMILES string of the molecule is C=C(F)C(=O)N1CCN(c2nc(OCC3CCCN3C)nc3c2CC2(CCCc4ccccc42)C3)CC1CC#N. The molecule has 3 heterocycles. The van der Waals surface area contributed by atoms with E-state index in [-0.39, 0.29) is 11.8 Å². The van der Waals surface area contributed by atoms with Crippen LogP contribution in [0.2, 0.25) is 0 Å². The van der Waals surface area contributed by atoms with Crippen LogP contribution in [0.15, 0.2) is 36.7 Å². The van der Waals surface area contributed by atoms with Gasteiger partial charge in [-0.3, -0.25) is 4.79 Å². The molecule has 0 saturated carbocycles. The topological polar surface area (TPSA) is 85.6 Å². The van der Waals surface area contributed by atoms with Gasteiger partial charge in [-0.2, -0.15) is 15.2 Å². The standard InChI is InChI=1S/C31H37FN6O2/c1-21(32)29(39)38-16-15-37(19-23(38)11-13-33)28-25-17-31(12-5-8-22-7-3-4-10-26(22)31)18-27(25)34-30(35-28)40-20-24-9-6-14-36(24)2/h3-4,7,10,23-24H,1,5-6,8-9,11-12,14-20H2,2H3. The van der Waals surface area contributed by atoms with Gasteiger partial charge in [-0.15, -0.1) is 0 Å². The van der Waals surface area contributed by atoms with Crippen LogP contribution in [0, 0.1) is 11.3 Å². The molecular weight excluding hydrogens is 507 g/mol. The van der Waals surface area contributed by atoms with Crippen molar-refractivity contribution in [3.63, 3.8) is 0 Å². The van der Waals surface area contributed by atoms with Gasteiger partial charge in [-0.05, 0) is 63.2 Å². The predicted molar refractivity (Wildman–Crippen MR) is 150 cm³/mol. The third kappa shape index (κ3) is 4.83. The summed E-state index contributed by atoms with van der Waals surface area (Å²) in [5.74, 6) is -0.908. The van der Waals surface area contributed by atoms with E-state index in [4.69, 9.17) is 14.7 Å². The van der Waals surface area contributed by atoms with Gasteiger partial charge in [0, 0.05) is 43.1 Å². The average Bonchev–Trinajstić information content (AvgIpc) is 3.54. The first kappa shape index (κ1) is 26.7. The quantitative estimate of drug-likeness (QED) is 0.512. The van der Waals surface area contributed by atoms with Gasteiger partial charge in [0.15, 0.2) is 5.83 Å². The molecule has 8 nitrogen and oxygen atoms in total. The van der Waals surface area contributed by atoms with Gasteiger partial charge in [0.25, 0.3) is 5.91 Å². The monoisotopic (exact) mass is 544 g/mol. The number of benzene rings is 1. The molecule has 9 heteroatoms. The van der Waals surface area contributed by atoms with Gasteiger partial charge in [0.05, 0.1) is 24.2 Å². The van der Waals surface area contributed by atoms with Crippen LogP contribution in [0.4, 0.5) is 10.2 Å². The van der Waals surface area contributed by atoms with E-state index in [2.05, 4.69) is 53.8 Å². The van der Waals surface area contributed by atoms with Crippen LogP contribution in [0.5, 0.6) is 6.01 Å². The zero-order chi connectivity index (χ0) is 27.9. The molecule has 1 aromatic carbocycles. The Balaban J connectivity index is 1.34. The van der Waals surface area contributed by atoms with Crippen LogP contribution in [0.25, 0.3) is 0 Å². The zero-order valence-corrected chi connectivity index (χ0v) is 23.2. The van der Waals surface area contributed by atoms with Crippen LogP contribution in [0.3, 0.4) is 0 Å². The third-order valence-electron chi connectivity index (χ3n) is 9.44. The molecule has 3 unspecified atom stereocenters. The number of anilines is 1. The summed E-state index contributed by atoms with van der Waals surface area (Å²) in [7, 11) is 2.13. The van der Waals surface area contributed by atoms with Crippen molar-refractivity contribution in [1.29, 1.82) is 5.26 Å². The third-order valence-corrected chi connectivity index (χ3v) is 9.44. The molecule has 2 aromatic rings. The number of carbonyl (C=O) groups is 1. The van der Waals surface area contributed by atoms with Crippen LogP contribution in [0.1, 0.15) is 54.5 Å². The van der Waals surface area contributed by atoms with Crippen LogP contribution >= 0.6 is 0 Å². The lowest BCUT2D eigenvalue weighted by atomic mass is 9.68. The van der Waals surface area contributed by atoms with E-state index >= 15 is 0 Å². The number of aryl methyl sites for hydroxylation is 1. The molecule has 6 rings (SSSR count). The van der Waals surface area contributed by atoms with Crippen molar-refractivity contribution in [3.8, 4) is 12.1 Å². The maximum Gasteiger partial charge on any atom is 0.318 e. The lowest BCUT2D eigenvalue weighted by Crippen LogP contribution is -2.55. The Morgan fingerprint density at radius 2 is 2.05 bits per heavy atom. The maximum atomic E-state index is 13.8. The minimum atomic E-state index is -0.996. The molecule has 2 aliphatic carbocycles. The molecule has 0 bridgehead atoms. The number of nitrogens with zero attached hydrogens (tertiary/aromatic N) is 6. The summed E-state index contributed by atoms with van der Waals surface area (Å²) in [4.78, 5) is 28.4. The molecule has 40 heavy (non-hydrogen) atoms. The Morgan fingerprint density at radius 3 is 2.83 bits per heavy atom. The molecule has 1 amide bonds. The lowest BCUT2D eigenvalue weighted by Gasteiger charge is -2.41. The van der Waals surface area contributed by atoms with Crippen LogP contribution in [-0.4, -0.2) is 77.6 Å². The Bertz CT molecular complexity index is 1360. The Morgan fingerprint density at radius 1 is 1.20 bits per heavy atom. The van der Waals surface area contributed by atoms with Crippen molar-refractivity contribution in [2.75, 3.05) is 44.7 Å². The molecule has 3 atom stereocenters.